The number of ether oxygens (including phenoxy) is 1. The van der Waals surface area contributed by atoms with E-state index in [1.54, 1.807) is 19.4 Å². The Morgan fingerprint density at radius 3 is 2.83 bits per heavy atom. The van der Waals surface area contributed by atoms with Gasteiger partial charge >= 0.3 is 5.97 Å². The van der Waals surface area contributed by atoms with E-state index >= 15 is 0 Å². The van der Waals surface area contributed by atoms with Crippen LogP contribution in [0.15, 0.2) is 30.9 Å². The van der Waals surface area contributed by atoms with Gasteiger partial charge in [-0.15, -0.1) is 0 Å². The molecule has 1 saturated carbocycles. The third-order valence-electron chi connectivity index (χ3n) is 4.62. The minimum Gasteiger partial charge on any atom is -0.461 e. The second-order valence-electron chi connectivity index (χ2n) is 6.32. The van der Waals surface area contributed by atoms with E-state index in [4.69, 9.17) is 4.74 Å². The van der Waals surface area contributed by atoms with Crippen LogP contribution in [0, 0.1) is 11.8 Å². The van der Waals surface area contributed by atoms with Gasteiger partial charge in [0, 0.05) is 19.3 Å². The van der Waals surface area contributed by atoms with Crippen LogP contribution in [0.3, 0.4) is 0 Å². The average Bonchev–Trinajstić information content (AvgIpc) is 2.98. The molecule has 2 atom stereocenters. The molecule has 2 aromatic heterocycles. The minimum atomic E-state index is -0.387. The molecule has 0 radical (unpaired) electrons. The summed E-state index contributed by atoms with van der Waals surface area (Å²) >= 11 is 0. The molecule has 120 valence electrons. The van der Waals surface area contributed by atoms with Crippen molar-refractivity contribution in [1.29, 1.82) is 0 Å². The van der Waals surface area contributed by atoms with Crippen molar-refractivity contribution >= 4 is 11.7 Å². The van der Waals surface area contributed by atoms with Gasteiger partial charge in [-0.1, -0.05) is 0 Å². The Bertz CT molecular complexity index is 700. The van der Waals surface area contributed by atoms with Crippen LogP contribution in [0.2, 0.25) is 0 Å². The summed E-state index contributed by atoms with van der Waals surface area (Å²) in [7, 11) is 0. The van der Waals surface area contributed by atoms with Gasteiger partial charge < -0.3 is 14.2 Å². The summed E-state index contributed by atoms with van der Waals surface area (Å²) in [4.78, 5) is 22.7. The molecule has 2 unspecified atom stereocenters. The van der Waals surface area contributed by atoms with E-state index in [1.165, 1.54) is 25.2 Å². The molecule has 1 aliphatic heterocycles. The highest BCUT2D eigenvalue weighted by Gasteiger charge is 2.45. The molecule has 6 nitrogen and oxygen atoms in total. The average molecular weight is 312 g/mol. The second-order valence-corrected chi connectivity index (χ2v) is 6.32. The summed E-state index contributed by atoms with van der Waals surface area (Å²) in [6.07, 6.45) is 6.69. The lowest BCUT2D eigenvalue weighted by Gasteiger charge is -2.19. The first-order chi connectivity index (χ1) is 11.2. The van der Waals surface area contributed by atoms with Gasteiger partial charge in [-0.2, -0.15) is 0 Å². The van der Waals surface area contributed by atoms with Crippen molar-refractivity contribution in [2.45, 2.75) is 19.9 Å². The van der Waals surface area contributed by atoms with Crippen molar-refractivity contribution in [1.82, 2.24) is 14.5 Å². The Kier molecular flexibility index (Phi) is 3.52. The van der Waals surface area contributed by atoms with E-state index in [0.717, 1.165) is 17.5 Å². The van der Waals surface area contributed by atoms with Crippen LogP contribution < -0.4 is 4.90 Å². The van der Waals surface area contributed by atoms with Crippen LogP contribution in [-0.2, 0) is 11.3 Å². The van der Waals surface area contributed by atoms with Gasteiger partial charge in [0.05, 0.1) is 37.1 Å². The van der Waals surface area contributed by atoms with Crippen molar-refractivity contribution in [2.24, 2.45) is 11.8 Å². The van der Waals surface area contributed by atoms with Gasteiger partial charge in [-0.25, -0.2) is 9.78 Å². The quantitative estimate of drug-likeness (QED) is 0.790. The maximum atomic E-state index is 11.6. The highest BCUT2D eigenvalue weighted by molar-refractivity contribution is 5.86. The number of pyridine rings is 1. The Morgan fingerprint density at radius 1 is 1.30 bits per heavy atom. The monoisotopic (exact) mass is 312 g/mol. The first kappa shape index (κ1) is 14.2. The van der Waals surface area contributed by atoms with Crippen molar-refractivity contribution in [3.63, 3.8) is 0 Å². The molecule has 0 amide bonds. The van der Waals surface area contributed by atoms with Gasteiger partial charge in [0.1, 0.15) is 0 Å². The number of aromatic nitrogens is 3. The zero-order valence-corrected chi connectivity index (χ0v) is 13.2. The molecule has 6 heteroatoms. The molecule has 0 spiro atoms. The van der Waals surface area contributed by atoms with Crippen molar-refractivity contribution < 1.29 is 9.53 Å². The molecule has 4 rings (SSSR count). The first-order valence-electron chi connectivity index (χ1n) is 8.11. The van der Waals surface area contributed by atoms with E-state index in [1.807, 2.05) is 16.8 Å². The SMILES string of the molecule is CCOC(=O)c1cn(Cc2ccc(N3CC4CC4C3)cn2)cn1. The fraction of sp³-hybridized carbons (Fsp3) is 0.471. The molecule has 0 N–H and O–H groups in total. The number of carbonyl (C=O) groups excluding carboxylic acids is 1. The minimum absolute atomic E-state index is 0.333. The number of anilines is 1. The number of piperidine rings is 1. The molecule has 2 fully saturated rings. The van der Waals surface area contributed by atoms with Crippen LogP contribution in [0.1, 0.15) is 29.5 Å². The molecule has 2 aliphatic rings. The zero-order valence-electron chi connectivity index (χ0n) is 13.2. The highest BCUT2D eigenvalue weighted by atomic mass is 16.5. The third kappa shape index (κ3) is 2.93. The number of rotatable bonds is 5. The number of carbonyl (C=O) groups is 1. The van der Waals surface area contributed by atoms with Crippen LogP contribution in [0.4, 0.5) is 5.69 Å². The molecular weight excluding hydrogens is 292 g/mol. The Morgan fingerprint density at radius 2 is 2.13 bits per heavy atom. The summed E-state index contributed by atoms with van der Waals surface area (Å²) in [5.41, 5.74) is 2.49. The Labute approximate surface area is 135 Å². The number of hydrogen-bond donors (Lipinski definition) is 0. The van der Waals surface area contributed by atoms with E-state index in [-0.39, 0.29) is 5.97 Å². The van der Waals surface area contributed by atoms with E-state index in [2.05, 4.69) is 20.9 Å². The molecule has 0 bridgehead atoms. The predicted molar refractivity (Wildman–Crippen MR) is 85.3 cm³/mol. The lowest BCUT2D eigenvalue weighted by Crippen LogP contribution is -2.21. The summed E-state index contributed by atoms with van der Waals surface area (Å²) in [6, 6.07) is 4.18. The topological polar surface area (TPSA) is 60.2 Å². The predicted octanol–water partition coefficient (Wildman–Crippen LogP) is 1.96. The number of imidazole rings is 1. The lowest BCUT2D eigenvalue weighted by molar-refractivity contribution is 0.0520. The van der Waals surface area contributed by atoms with Crippen LogP contribution in [0.5, 0.6) is 0 Å². The fourth-order valence-electron chi connectivity index (χ4n) is 3.25. The van der Waals surface area contributed by atoms with Crippen molar-refractivity contribution in [2.75, 3.05) is 24.6 Å². The summed E-state index contributed by atoms with van der Waals surface area (Å²) in [6.45, 7) is 5.08. The van der Waals surface area contributed by atoms with Crippen LogP contribution >= 0.6 is 0 Å². The number of hydrogen-bond acceptors (Lipinski definition) is 5. The molecule has 2 aromatic rings. The van der Waals surface area contributed by atoms with Gasteiger partial charge in [0.2, 0.25) is 0 Å². The molecule has 23 heavy (non-hydrogen) atoms. The van der Waals surface area contributed by atoms with Crippen molar-refractivity contribution in [3.8, 4) is 0 Å². The molecule has 1 saturated heterocycles. The number of nitrogens with zero attached hydrogens (tertiary/aromatic N) is 4. The summed E-state index contributed by atoms with van der Waals surface area (Å²) in [5.74, 6) is 1.45. The largest absolute Gasteiger partial charge is 0.461 e. The normalized spacial score (nSPS) is 22.0. The molecule has 3 heterocycles. The number of fused-ring (bicyclic) bond motifs is 1. The van der Waals surface area contributed by atoms with E-state index in [9.17, 15) is 4.79 Å². The first-order valence-corrected chi connectivity index (χ1v) is 8.11. The maximum Gasteiger partial charge on any atom is 0.358 e. The van der Waals surface area contributed by atoms with Gasteiger partial charge in [0.15, 0.2) is 5.69 Å². The number of esters is 1. The molecule has 1 aliphatic carbocycles. The van der Waals surface area contributed by atoms with Gasteiger partial charge in [-0.05, 0) is 37.3 Å². The second kappa shape index (κ2) is 5.68. The summed E-state index contributed by atoms with van der Waals surface area (Å²) < 4.78 is 6.79. The fourth-order valence-corrected chi connectivity index (χ4v) is 3.25. The molecule has 0 aromatic carbocycles. The van der Waals surface area contributed by atoms with Crippen LogP contribution in [0.25, 0.3) is 0 Å². The maximum absolute atomic E-state index is 11.6. The van der Waals surface area contributed by atoms with Crippen molar-refractivity contribution in [3.05, 3.63) is 42.2 Å². The summed E-state index contributed by atoms with van der Waals surface area (Å²) in [5, 5.41) is 0. The zero-order chi connectivity index (χ0) is 15.8. The van der Waals surface area contributed by atoms with E-state index in [0.29, 0.717) is 18.8 Å². The Hall–Kier alpha value is -2.37. The lowest BCUT2D eigenvalue weighted by atomic mass is 10.3. The van der Waals surface area contributed by atoms with Crippen LogP contribution in [-0.4, -0.2) is 40.2 Å². The molecular formula is C17H20N4O2. The van der Waals surface area contributed by atoms with E-state index < -0.39 is 0 Å². The standard InChI is InChI=1S/C17H20N4O2/c1-2-23-17(22)16-10-20(11-19-16)9-14-3-4-15(6-18-14)21-7-12-5-13(12)8-21/h3-4,6,10-13H,2,5,7-9H2,1H3. The smallest absolute Gasteiger partial charge is 0.358 e. The Balaban J connectivity index is 1.40. The third-order valence-corrected chi connectivity index (χ3v) is 4.62. The van der Waals surface area contributed by atoms with Gasteiger partial charge in [0.25, 0.3) is 0 Å². The van der Waals surface area contributed by atoms with Gasteiger partial charge in [-0.3, -0.25) is 4.98 Å². The highest BCUT2D eigenvalue weighted by Crippen LogP contribution is 2.46.